The lowest BCUT2D eigenvalue weighted by molar-refractivity contribution is 0.0965. The van der Waals surface area contributed by atoms with E-state index in [0.717, 1.165) is 42.6 Å². The standard InChI is InChI=1S/C15H19NO2/c1-10-4-5-14-11(7-10)8-15(18-14)13(16)9-12-3-2-6-17-12/h4-5,7-8,12-13H,2-3,6,9,16H2,1H3. The minimum absolute atomic E-state index is 0.0687. The zero-order valence-electron chi connectivity index (χ0n) is 10.7. The molecule has 2 unspecified atom stereocenters. The van der Waals surface area contributed by atoms with E-state index >= 15 is 0 Å². The average Bonchev–Trinajstić information content (AvgIpc) is 2.96. The molecule has 3 nitrogen and oxygen atoms in total. The van der Waals surface area contributed by atoms with Crippen LogP contribution in [0.3, 0.4) is 0 Å². The second-order valence-electron chi connectivity index (χ2n) is 5.17. The fraction of sp³-hybridized carbons (Fsp3) is 0.467. The van der Waals surface area contributed by atoms with E-state index in [1.165, 1.54) is 5.56 Å². The van der Waals surface area contributed by atoms with Crippen molar-refractivity contribution in [3.8, 4) is 0 Å². The molecule has 2 atom stereocenters. The van der Waals surface area contributed by atoms with Crippen molar-refractivity contribution in [3.63, 3.8) is 0 Å². The van der Waals surface area contributed by atoms with E-state index in [1.807, 2.05) is 6.07 Å². The van der Waals surface area contributed by atoms with E-state index < -0.39 is 0 Å². The van der Waals surface area contributed by atoms with Gasteiger partial charge in [-0.15, -0.1) is 0 Å². The molecule has 1 aliphatic rings. The second-order valence-corrected chi connectivity index (χ2v) is 5.17. The maximum absolute atomic E-state index is 6.20. The first kappa shape index (κ1) is 11.8. The molecule has 3 rings (SSSR count). The number of fused-ring (bicyclic) bond motifs is 1. The predicted octanol–water partition coefficient (Wildman–Crippen LogP) is 3.31. The van der Waals surface area contributed by atoms with Gasteiger partial charge in [-0.05, 0) is 44.4 Å². The number of furan rings is 1. The fourth-order valence-electron chi connectivity index (χ4n) is 2.60. The summed E-state index contributed by atoms with van der Waals surface area (Å²) < 4.78 is 11.4. The zero-order valence-corrected chi connectivity index (χ0v) is 10.7. The number of ether oxygens (including phenoxy) is 1. The molecule has 1 aromatic carbocycles. The number of benzene rings is 1. The molecule has 0 bridgehead atoms. The van der Waals surface area contributed by atoms with Gasteiger partial charge in [-0.1, -0.05) is 11.6 Å². The molecule has 96 valence electrons. The monoisotopic (exact) mass is 245 g/mol. The van der Waals surface area contributed by atoms with Crippen LogP contribution in [-0.2, 0) is 4.74 Å². The van der Waals surface area contributed by atoms with Gasteiger partial charge in [0.2, 0.25) is 0 Å². The Balaban J connectivity index is 1.80. The Labute approximate surface area is 107 Å². The zero-order chi connectivity index (χ0) is 12.5. The van der Waals surface area contributed by atoms with E-state index in [4.69, 9.17) is 14.9 Å². The molecule has 2 heterocycles. The molecule has 1 fully saturated rings. The van der Waals surface area contributed by atoms with Gasteiger partial charge in [-0.2, -0.15) is 0 Å². The van der Waals surface area contributed by atoms with E-state index in [-0.39, 0.29) is 6.04 Å². The quantitative estimate of drug-likeness (QED) is 0.902. The van der Waals surface area contributed by atoms with Crippen molar-refractivity contribution in [2.24, 2.45) is 5.73 Å². The van der Waals surface area contributed by atoms with Crippen LogP contribution in [0.1, 0.15) is 36.6 Å². The van der Waals surface area contributed by atoms with Crippen LogP contribution in [0.25, 0.3) is 11.0 Å². The van der Waals surface area contributed by atoms with Gasteiger partial charge < -0.3 is 14.9 Å². The van der Waals surface area contributed by atoms with Gasteiger partial charge in [-0.25, -0.2) is 0 Å². The first-order valence-electron chi connectivity index (χ1n) is 6.59. The molecule has 18 heavy (non-hydrogen) atoms. The summed E-state index contributed by atoms with van der Waals surface area (Å²) in [6.45, 7) is 2.95. The van der Waals surface area contributed by atoms with Crippen molar-refractivity contribution in [3.05, 3.63) is 35.6 Å². The highest BCUT2D eigenvalue weighted by molar-refractivity contribution is 5.78. The maximum Gasteiger partial charge on any atom is 0.134 e. The van der Waals surface area contributed by atoms with E-state index in [0.29, 0.717) is 6.10 Å². The molecule has 2 N–H and O–H groups in total. The average molecular weight is 245 g/mol. The number of hydrogen-bond acceptors (Lipinski definition) is 3. The molecule has 0 spiro atoms. The molecule has 0 saturated carbocycles. The smallest absolute Gasteiger partial charge is 0.134 e. The van der Waals surface area contributed by atoms with Gasteiger partial charge in [0.1, 0.15) is 11.3 Å². The summed E-state index contributed by atoms with van der Waals surface area (Å²) in [6, 6.07) is 8.18. The second kappa shape index (κ2) is 4.75. The molecule has 2 aromatic rings. The lowest BCUT2D eigenvalue weighted by Gasteiger charge is -2.13. The summed E-state index contributed by atoms with van der Waals surface area (Å²) in [6.07, 6.45) is 3.41. The van der Waals surface area contributed by atoms with Gasteiger partial charge in [-0.3, -0.25) is 0 Å². The summed E-state index contributed by atoms with van der Waals surface area (Å²) in [5.41, 5.74) is 8.36. The third kappa shape index (κ3) is 2.28. The van der Waals surface area contributed by atoms with Crippen LogP contribution in [-0.4, -0.2) is 12.7 Å². The Kier molecular flexibility index (Phi) is 3.10. The van der Waals surface area contributed by atoms with Crippen LogP contribution in [0.4, 0.5) is 0 Å². The van der Waals surface area contributed by atoms with Gasteiger partial charge >= 0.3 is 0 Å². The van der Waals surface area contributed by atoms with Crippen molar-refractivity contribution in [2.75, 3.05) is 6.61 Å². The first-order valence-corrected chi connectivity index (χ1v) is 6.59. The largest absolute Gasteiger partial charge is 0.459 e. The van der Waals surface area contributed by atoms with Crippen molar-refractivity contribution < 1.29 is 9.15 Å². The Hall–Kier alpha value is -1.32. The van der Waals surface area contributed by atoms with E-state index in [1.54, 1.807) is 0 Å². The van der Waals surface area contributed by atoms with Crippen molar-refractivity contribution >= 4 is 11.0 Å². The molecule has 3 heteroatoms. The summed E-state index contributed by atoms with van der Waals surface area (Å²) in [5.74, 6) is 0.867. The van der Waals surface area contributed by atoms with Crippen LogP contribution < -0.4 is 5.73 Å². The molecule has 0 amide bonds. The minimum atomic E-state index is -0.0687. The summed E-state index contributed by atoms with van der Waals surface area (Å²) >= 11 is 0. The summed E-state index contributed by atoms with van der Waals surface area (Å²) in [7, 11) is 0. The van der Waals surface area contributed by atoms with Gasteiger partial charge in [0, 0.05) is 12.0 Å². The van der Waals surface area contributed by atoms with Crippen LogP contribution in [0, 0.1) is 6.92 Å². The number of hydrogen-bond donors (Lipinski definition) is 1. The summed E-state index contributed by atoms with van der Waals surface area (Å²) in [5, 5.41) is 1.13. The SMILES string of the molecule is Cc1ccc2oc(C(N)CC3CCCO3)cc2c1. The van der Waals surface area contributed by atoms with Crippen molar-refractivity contribution in [1.29, 1.82) is 0 Å². The summed E-state index contributed by atoms with van der Waals surface area (Å²) in [4.78, 5) is 0. The number of nitrogens with two attached hydrogens (primary N) is 1. The van der Waals surface area contributed by atoms with E-state index in [9.17, 15) is 0 Å². The third-order valence-corrected chi connectivity index (χ3v) is 3.60. The van der Waals surface area contributed by atoms with Gasteiger partial charge in [0.05, 0.1) is 12.1 Å². The maximum atomic E-state index is 6.20. The Morgan fingerprint density at radius 3 is 3.06 bits per heavy atom. The normalized spacial score (nSPS) is 21.6. The molecule has 1 aliphatic heterocycles. The van der Waals surface area contributed by atoms with E-state index in [2.05, 4.69) is 25.1 Å². The molecule has 1 saturated heterocycles. The topological polar surface area (TPSA) is 48.4 Å². The minimum Gasteiger partial charge on any atom is -0.459 e. The number of aryl methyl sites for hydroxylation is 1. The Morgan fingerprint density at radius 2 is 2.28 bits per heavy atom. The molecule has 0 aliphatic carbocycles. The first-order chi connectivity index (χ1) is 8.72. The Morgan fingerprint density at radius 1 is 1.39 bits per heavy atom. The highest BCUT2D eigenvalue weighted by atomic mass is 16.5. The highest BCUT2D eigenvalue weighted by Gasteiger charge is 2.21. The molecular formula is C15H19NO2. The third-order valence-electron chi connectivity index (χ3n) is 3.60. The molecular weight excluding hydrogens is 226 g/mol. The fourth-order valence-corrected chi connectivity index (χ4v) is 2.60. The number of rotatable bonds is 3. The van der Waals surface area contributed by atoms with Crippen molar-refractivity contribution in [1.82, 2.24) is 0 Å². The Bertz CT molecular complexity index is 540. The van der Waals surface area contributed by atoms with Crippen LogP contribution in [0.5, 0.6) is 0 Å². The lowest BCUT2D eigenvalue weighted by Crippen LogP contribution is -2.17. The predicted molar refractivity (Wildman–Crippen MR) is 71.5 cm³/mol. The molecule has 0 radical (unpaired) electrons. The van der Waals surface area contributed by atoms with Crippen LogP contribution >= 0.6 is 0 Å². The molecule has 1 aromatic heterocycles. The van der Waals surface area contributed by atoms with Gasteiger partial charge in [0.25, 0.3) is 0 Å². The highest BCUT2D eigenvalue weighted by Crippen LogP contribution is 2.28. The van der Waals surface area contributed by atoms with Crippen molar-refractivity contribution in [2.45, 2.75) is 38.3 Å². The lowest BCUT2D eigenvalue weighted by atomic mass is 10.1. The van der Waals surface area contributed by atoms with Crippen LogP contribution in [0.2, 0.25) is 0 Å². The van der Waals surface area contributed by atoms with Crippen LogP contribution in [0.15, 0.2) is 28.7 Å². The van der Waals surface area contributed by atoms with Gasteiger partial charge in [0.15, 0.2) is 0 Å².